The van der Waals surface area contributed by atoms with Crippen molar-refractivity contribution in [2.24, 2.45) is 0 Å². The molecule has 1 aliphatic carbocycles. The summed E-state index contributed by atoms with van der Waals surface area (Å²) in [5.74, 6) is -0.181. The van der Waals surface area contributed by atoms with Crippen molar-refractivity contribution in [2.45, 2.75) is 52.1 Å². The number of nitrogens with one attached hydrogen (secondary N) is 1. The highest BCUT2D eigenvalue weighted by atomic mass is 32.1. The van der Waals surface area contributed by atoms with Crippen molar-refractivity contribution in [1.29, 1.82) is 0 Å². The molecule has 0 amide bonds. The Hall–Kier alpha value is -1.26. The summed E-state index contributed by atoms with van der Waals surface area (Å²) < 4.78 is 14.1. The van der Waals surface area contributed by atoms with Crippen molar-refractivity contribution in [3.8, 4) is 10.6 Å². The zero-order valence-electron chi connectivity index (χ0n) is 12.6. The van der Waals surface area contributed by atoms with Gasteiger partial charge in [0.15, 0.2) is 0 Å². The fraction of sp³-hybridized carbons (Fsp3) is 0.471. The van der Waals surface area contributed by atoms with Crippen molar-refractivity contribution >= 4 is 11.3 Å². The maximum Gasteiger partial charge on any atom is 0.133 e. The monoisotopic (exact) mass is 304 g/mol. The van der Waals surface area contributed by atoms with Gasteiger partial charge in [0.1, 0.15) is 10.8 Å². The number of halogens is 1. The first-order valence-electron chi connectivity index (χ1n) is 7.66. The third-order valence-electron chi connectivity index (χ3n) is 3.75. The highest BCUT2D eigenvalue weighted by Gasteiger charge is 2.22. The first kappa shape index (κ1) is 14.7. The fourth-order valence-electron chi connectivity index (χ4n) is 2.40. The van der Waals surface area contributed by atoms with E-state index in [9.17, 15) is 4.39 Å². The van der Waals surface area contributed by atoms with Crippen LogP contribution in [0.3, 0.4) is 0 Å². The van der Waals surface area contributed by atoms with Crippen LogP contribution in [0.4, 0.5) is 4.39 Å². The van der Waals surface area contributed by atoms with Crippen molar-refractivity contribution in [3.05, 3.63) is 40.2 Å². The van der Waals surface area contributed by atoms with Crippen LogP contribution in [-0.4, -0.2) is 11.0 Å². The minimum absolute atomic E-state index is 0.181. The van der Waals surface area contributed by atoms with Gasteiger partial charge in [-0.25, -0.2) is 9.37 Å². The highest BCUT2D eigenvalue weighted by molar-refractivity contribution is 7.15. The maximum absolute atomic E-state index is 14.1. The molecule has 21 heavy (non-hydrogen) atoms. The molecule has 0 unspecified atom stereocenters. The summed E-state index contributed by atoms with van der Waals surface area (Å²) in [6, 6.07) is 5.91. The van der Waals surface area contributed by atoms with E-state index in [2.05, 4.69) is 12.2 Å². The van der Waals surface area contributed by atoms with E-state index in [4.69, 9.17) is 4.98 Å². The molecule has 1 aromatic carbocycles. The summed E-state index contributed by atoms with van der Waals surface area (Å²) in [6.07, 6.45) is 4.59. The Balaban J connectivity index is 1.90. The molecule has 1 N–H and O–H groups in total. The SMILES string of the molecule is CCCc1nc(-c2cc(C)ccc2F)sc1CNC1CC1. The van der Waals surface area contributed by atoms with Crippen molar-refractivity contribution in [3.63, 3.8) is 0 Å². The number of benzene rings is 1. The lowest BCUT2D eigenvalue weighted by Crippen LogP contribution is -2.15. The van der Waals surface area contributed by atoms with Gasteiger partial charge in [-0.2, -0.15) is 0 Å². The number of thiazole rings is 1. The number of hydrogen-bond donors (Lipinski definition) is 1. The predicted molar refractivity (Wildman–Crippen MR) is 86.1 cm³/mol. The van der Waals surface area contributed by atoms with Gasteiger partial charge in [-0.15, -0.1) is 11.3 Å². The van der Waals surface area contributed by atoms with E-state index < -0.39 is 0 Å². The molecule has 2 nitrogen and oxygen atoms in total. The summed E-state index contributed by atoms with van der Waals surface area (Å²) in [6.45, 7) is 5.01. The Morgan fingerprint density at radius 3 is 2.90 bits per heavy atom. The molecule has 0 bridgehead atoms. The van der Waals surface area contributed by atoms with Gasteiger partial charge in [-0.1, -0.05) is 25.0 Å². The molecule has 4 heteroatoms. The maximum atomic E-state index is 14.1. The van der Waals surface area contributed by atoms with Crippen LogP contribution in [0.15, 0.2) is 18.2 Å². The lowest BCUT2D eigenvalue weighted by Gasteiger charge is -2.01. The molecule has 0 atom stereocenters. The summed E-state index contributed by atoms with van der Waals surface area (Å²) in [5.41, 5.74) is 2.83. The molecule has 112 valence electrons. The molecule has 1 aliphatic rings. The van der Waals surface area contributed by atoms with Gasteiger partial charge in [-0.3, -0.25) is 0 Å². The van der Waals surface area contributed by atoms with Gasteiger partial charge < -0.3 is 5.32 Å². The second kappa shape index (κ2) is 6.24. The van der Waals surface area contributed by atoms with Crippen LogP contribution in [0, 0.1) is 12.7 Å². The standard InChI is InChI=1S/C17H21FN2S/c1-3-4-15-16(10-19-12-6-7-12)21-17(20-15)13-9-11(2)5-8-14(13)18/h5,8-9,12,19H,3-4,6-7,10H2,1-2H3. The smallest absolute Gasteiger partial charge is 0.133 e. The minimum Gasteiger partial charge on any atom is -0.309 e. The van der Waals surface area contributed by atoms with Crippen molar-refractivity contribution < 1.29 is 4.39 Å². The molecule has 3 rings (SSSR count). The molecule has 1 fully saturated rings. The topological polar surface area (TPSA) is 24.9 Å². The molecule has 1 saturated carbocycles. The lowest BCUT2D eigenvalue weighted by atomic mass is 10.1. The number of hydrogen-bond acceptors (Lipinski definition) is 3. The molecule has 0 radical (unpaired) electrons. The molecule has 1 aromatic heterocycles. The Morgan fingerprint density at radius 1 is 1.38 bits per heavy atom. The highest BCUT2D eigenvalue weighted by Crippen LogP contribution is 2.32. The molecule has 1 heterocycles. The van der Waals surface area contributed by atoms with E-state index in [0.29, 0.717) is 11.6 Å². The van der Waals surface area contributed by atoms with Gasteiger partial charge in [0.2, 0.25) is 0 Å². The first-order valence-corrected chi connectivity index (χ1v) is 8.47. The molecular formula is C17H21FN2S. The largest absolute Gasteiger partial charge is 0.309 e. The van der Waals surface area contributed by atoms with E-state index in [0.717, 1.165) is 35.7 Å². The van der Waals surface area contributed by atoms with Gasteiger partial charge >= 0.3 is 0 Å². The number of nitrogens with zero attached hydrogens (tertiary/aromatic N) is 1. The van der Waals surface area contributed by atoms with E-state index in [1.807, 2.05) is 13.0 Å². The zero-order valence-corrected chi connectivity index (χ0v) is 13.4. The summed E-state index contributed by atoms with van der Waals surface area (Å²) in [5, 5.41) is 4.35. The number of aryl methyl sites for hydroxylation is 2. The van der Waals surface area contributed by atoms with Crippen LogP contribution in [-0.2, 0) is 13.0 Å². The first-order chi connectivity index (χ1) is 10.2. The summed E-state index contributed by atoms with van der Waals surface area (Å²) in [4.78, 5) is 5.97. The minimum atomic E-state index is -0.181. The third kappa shape index (κ3) is 3.50. The quantitative estimate of drug-likeness (QED) is 0.852. The average molecular weight is 304 g/mol. The lowest BCUT2D eigenvalue weighted by molar-refractivity contribution is 0.630. The van der Waals surface area contributed by atoms with Crippen LogP contribution in [0.25, 0.3) is 10.6 Å². The van der Waals surface area contributed by atoms with Crippen LogP contribution in [0.2, 0.25) is 0 Å². The number of rotatable bonds is 6. The number of aromatic nitrogens is 1. The van der Waals surface area contributed by atoms with Crippen LogP contribution in [0.1, 0.15) is 42.3 Å². The van der Waals surface area contributed by atoms with Gasteiger partial charge in [0.25, 0.3) is 0 Å². The van der Waals surface area contributed by atoms with E-state index >= 15 is 0 Å². The summed E-state index contributed by atoms with van der Waals surface area (Å²) >= 11 is 1.63. The molecule has 0 spiro atoms. The fourth-order valence-corrected chi connectivity index (χ4v) is 3.47. The normalized spacial score (nSPS) is 14.6. The molecule has 2 aromatic rings. The molecule has 0 aliphatic heterocycles. The van der Waals surface area contributed by atoms with Crippen LogP contribution in [0.5, 0.6) is 0 Å². The Kier molecular flexibility index (Phi) is 4.36. The second-order valence-corrected chi connectivity index (χ2v) is 6.86. The molecule has 0 saturated heterocycles. The Labute approximate surface area is 129 Å². The van der Waals surface area contributed by atoms with Crippen molar-refractivity contribution in [1.82, 2.24) is 10.3 Å². The summed E-state index contributed by atoms with van der Waals surface area (Å²) in [7, 11) is 0. The second-order valence-electron chi connectivity index (χ2n) is 5.78. The van der Waals surface area contributed by atoms with Gasteiger partial charge in [0.05, 0.1) is 5.69 Å². The van der Waals surface area contributed by atoms with Crippen LogP contribution >= 0.6 is 11.3 Å². The zero-order chi connectivity index (χ0) is 14.8. The van der Waals surface area contributed by atoms with E-state index in [1.54, 1.807) is 17.4 Å². The molecular weight excluding hydrogens is 283 g/mol. The van der Waals surface area contributed by atoms with E-state index in [-0.39, 0.29) is 5.82 Å². The average Bonchev–Trinajstić information content (AvgIpc) is 3.21. The predicted octanol–water partition coefficient (Wildman–Crippen LogP) is 4.46. The van der Waals surface area contributed by atoms with Gasteiger partial charge in [0, 0.05) is 23.0 Å². The third-order valence-corrected chi connectivity index (χ3v) is 4.88. The Morgan fingerprint density at radius 2 is 2.19 bits per heavy atom. The van der Waals surface area contributed by atoms with E-state index in [1.165, 1.54) is 23.8 Å². The van der Waals surface area contributed by atoms with Crippen LogP contribution < -0.4 is 5.32 Å². The Bertz CT molecular complexity index is 632. The van der Waals surface area contributed by atoms with Gasteiger partial charge in [-0.05, 0) is 38.3 Å². The van der Waals surface area contributed by atoms with Crippen molar-refractivity contribution in [2.75, 3.05) is 0 Å².